The van der Waals surface area contributed by atoms with E-state index in [1.54, 1.807) is 12.1 Å². The van der Waals surface area contributed by atoms with E-state index in [0.717, 1.165) is 10.5 Å². The van der Waals surface area contributed by atoms with Gasteiger partial charge in [0.15, 0.2) is 0 Å². The Hall–Kier alpha value is -2.50. The fraction of sp³-hybridized carbons (Fsp3) is 0.444. The molecule has 1 unspecified atom stereocenters. The maximum atomic E-state index is 12.5. The van der Waals surface area contributed by atoms with Gasteiger partial charge in [-0.05, 0) is 30.0 Å². The molecule has 0 spiro atoms. The van der Waals surface area contributed by atoms with Gasteiger partial charge in [-0.2, -0.15) is 0 Å². The molecule has 1 saturated heterocycles. The van der Waals surface area contributed by atoms with Crippen molar-refractivity contribution >= 4 is 23.6 Å². The maximum Gasteiger partial charge on any atom is 0.262 e. The van der Waals surface area contributed by atoms with Crippen molar-refractivity contribution in [3.63, 3.8) is 0 Å². The number of nitrogens with zero attached hydrogens (tertiary/aromatic N) is 1. The predicted octanol–water partition coefficient (Wildman–Crippen LogP) is 2.24. The van der Waals surface area contributed by atoms with Crippen LogP contribution in [0.3, 0.4) is 0 Å². The normalized spacial score (nSPS) is 19.9. The van der Waals surface area contributed by atoms with Crippen LogP contribution in [-0.2, 0) is 9.59 Å². The third kappa shape index (κ3) is 2.96. The molecule has 0 saturated carbocycles. The molecule has 1 aromatic carbocycles. The summed E-state index contributed by atoms with van der Waals surface area (Å²) in [4.78, 5) is 49.1. The van der Waals surface area contributed by atoms with Gasteiger partial charge in [-0.25, -0.2) is 0 Å². The van der Waals surface area contributed by atoms with Crippen LogP contribution < -0.4 is 5.32 Å². The molecule has 2 aliphatic rings. The van der Waals surface area contributed by atoms with E-state index in [1.807, 2.05) is 33.8 Å². The van der Waals surface area contributed by atoms with Crippen LogP contribution in [-0.4, -0.2) is 34.6 Å². The van der Waals surface area contributed by atoms with E-state index in [0.29, 0.717) is 11.1 Å². The SMILES string of the molecule is CC.CC(C)c1ccc2c(c1)C(=O)N(C1CCC(=O)NC1=O)C2=O. The minimum Gasteiger partial charge on any atom is -0.295 e. The van der Waals surface area contributed by atoms with E-state index < -0.39 is 23.8 Å². The van der Waals surface area contributed by atoms with E-state index in [1.165, 1.54) is 0 Å². The predicted molar refractivity (Wildman–Crippen MR) is 88.6 cm³/mol. The highest BCUT2D eigenvalue weighted by Crippen LogP contribution is 2.29. The van der Waals surface area contributed by atoms with Gasteiger partial charge in [0.2, 0.25) is 11.8 Å². The molecule has 2 heterocycles. The Labute approximate surface area is 141 Å². The second-order valence-electron chi connectivity index (χ2n) is 5.91. The maximum absolute atomic E-state index is 12.5. The van der Waals surface area contributed by atoms with E-state index in [-0.39, 0.29) is 24.7 Å². The molecule has 1 atom stereocenters. The molecule has 6 nitrogen and oxygen atoms in total. The van der Waals surface area contributed by atoms with Crippen molar-refractivity contribution in [1.82, 2.24) is 10.2 Å². The van der Waals surface area contributed by atoms with Crippen LogP contribution in [0.4, 0.5) is 0 Å². The van der Waals surface area contributed by atoms with Gasteiger partial charge in [0.1, 0.15) is 6.04 Å². The highest BCUT2D eigenvalue weighted by molar-refractivity contribution is 6.23. The van der Waals surface area contributed by atoms with Crippen molar-refractivity contribution in [3.8, 4) is 0 Å². The summed E-state index contributed by atoms with van der Waals surface area (Å²) in [6, 6.07) is 4.26. The van der Waals surface area contributed by atoms with Crippen molar-refractivity contribution in [2.24, 2.45) is 0 Å². The number of fused-ring (bicyclic) bond motifs is 1. The van der Waals surface area contributed by atoms with Gasteiger partial charge in [0.05, 0.1) is 11.1 Å². The average Bonchev–Trinajstić information content (AvgIpc) is 2.81. The molecule has 1 N–H and O–H groups in total. The monoisotopic (exact) mass is 330 g/mol. The zero-order valence-corrected chi connectivity index (χ0v) is 14.4. The van der Waals surface area contributed by atoms with E-state index in [2.05, 4.69) is 5.32 Å². The summed E-state index contributed by atoms with van der Waals surface area (Å²) in [6.07, 6.45) is 0.300. The molecule has 0 aromatic heterocycles. The average molecular weight is 330 g/mol. The number of piperidine rings is 1. The van der Waals surface area contributed by atoms with Crippen LogP contribution in [0.2, 0.25) is 0 Å². The van der Waals surface area contributed by atoms with E-state index in [9.17, 15) is 19.2 Å². The van der Waals surface area contributed by atoms with Gasteiger partial charge in [0, 0.05) is 6.42 Å². The fourth-order valence-corrected chi connectivity index (χ4v) is 2.85. The molecule has 4 amide bonds. The Morgan fingerprint density at radius 1 is 1.04 bits per heavy atom. The number of hydrogen-bond acceptors (Lipinski definition) is 4. The Morgan fingerprint density at radius 2 is 1.67 bits per heavy atom. The van der Waals surface area contributed by atoms with Gasteiger partial charge in [0.25, 0.3) is 11.8 Å². The summed E-state index contributed by atoms with van der Waals surface area (Å²) in [6.45, 7) is 8.00. The quantitative estimate of drug-likeness (QED) is 0.843. The number of carbonyl (C=O) groups excluding carboxylic acids is 4. The molecule has 3 rings (SSSR count). The number of nitrogens with one attached hydrogen (secondary N) is 1. The standard InChI is InChI=1S/C16H16N2O4.C2H6/c1-8(2)9-3-4-10-11(7-9)16(22)18(15(10)21)12-5-6-13(19)17-14(12)20;1-2/h3-4,7-8,12H,5-6H2,1-2H3,(H,17,19,20);1-2H3. The summed E-state index contributed by atoms with van der Waals surface area (Å²) in [7, 11) is 0. The highest BCUT2D eigenvalue weighted by Gasteiger charge is 2.44. The summed E-state index contributed by atoms with van der Waals surface area (Å²) >= 11 is 0. The second-order valence-corrected chi connectivity index (χ2v) is 5.91. The first-order valence-corrected chi connectivity index (χ1v) is 8.25. The molecule has 24 heavy (non-hydrogen) atoms. The van der Waals surface area contributed by atoms with Gasteiger partial charge >= 0.3 is 0 Å². The molecular weight excluding hydrogens is 308 g/mol. The lowest BCUT2D eigenvalue weighted by Crippen LogP contribution is -2.54. The largest absolute Gasteiger partial charge is 0.295 e. The van der Waals surface area contributed by atoms with Gasteiger partial charge in [-0.1, -0.05) is 33.8 Å². The molecule has 0 aliphatic carbocycles. The Kier molecular flexibility index (Phi) is 5.17. The molecular formula is C18H22N2O4. The first kappa shape index (κ1) is 17.8. The Morgan fingerprint density at radius 3 is 2.25 bits per heavy atom. The van der Waals surface area contributed by atoms with Crippen LogP contribution in [0.5, 0.6) is 0 Å². The lowest BCUT2D eigenvalue weighted by Gasteiger charge is -2.27. The first-order valence-electron chi connectivity index (χ1n) is 8.25. The third-order valence-electron chi connectivity index (χ3n) is 4.13. The van der Waals surface area contributed by atoms with Gasteiger partial charge in [-0.15, -0.1) is 0 Å². The minimum atomic E-state index is -0.910. The van der Waals surface area contributed by atoms with Crippen LogP contribution in [0, 0.1) is 0 Å². The van der Waals surface area contributed by atoms with Gasteiger partial charge < -0.3 is 0 Å². The third-order valence-corrected chi connectivity index (χ3v) is 4.13. The van der Waals surface area contributed by atoms with Crippen molar-refractivity contribution < 1.29 is 19.2 Å². The molecule has 0 radical (unpaired) electrons. The lowest BCUT2D eigenvalue weighted by molar-refractivity contribution is -0.136. The van der Waals surface area contributed by atoms with E-state index >= 15 is 0 Å². The number of rotatable bonds is 2. The van der Waals surface area contributed by atoms with Crippen LogP contribution >= 0.6 is 0 Å². The number of benzene rings is 1. The fourth-order valence-electron chi connectivity index (χ4n) is 2.85. The zero-order chi connectivity index (χ0) is 18.0. The first-order chi connectivity index (χ1) is 11.4. The Bertz CT molecular complexity index is 709. The Balaban J connectivity index is 0.00000100. The molecule has 128 valence electrons. The highest BCUT2D eigenvalue weighted by atomic mass is 16.2. The smallest absolute Gasteiger partial charge is 0.262 e. The summed E-state index contributed by atoms with van der Waals surface area (Å²) in [5.41, 5.74) is 1.62. The number of hydrogen-bond donors (Lipinski definition) is 1. The van der Waals surface area contributed by atoms with Crippen molar-refractivity contribution in [1.29, 1.82) is 0 Å². The summed E-state index contributed by atoms with van der Waals surface area (Å²) < 4.78 is 0. The molecule has 0 bridgehead atoms. The van der Waals surface area contributed by atoms with Crippen LogP contribution in [0.1, 0.15) is 72.7 Å². The van der Waals surface area contributed by atoms with Crippen molar-refractivity contribution in [2.75, 3.05) is 0 Å². The summed E-state index contributed by atoms with van der Waals surface area (Å²) in [5.74, 6) is -1.66. The van der Waals surface area contributed by atoms with Crippen molar-refractivity contribution in [3.05, 3.63) is 34.9 Å². The molecule has 2 aliphatic heterocycles. The zero-order valence-electron chi connectivity index (χ0n) is 14.4. The molecule has 6 heteroatoms. The van der Waals surface area contributed by atoms with Gasteiger partial charge in [-0.3, -0.25) is 29.4 Å². The van der Waals surface area contributed by atoms with Crippen molar-refractivity contribution in [2.45, 2.75) is 52.5 Å². The lowest BCUT2D eigenvalue weighted by atomic mass is 9.98. The number of carbonyl (C=O) groups is 4. The van der Waals surface area contributed by atoms with Crippen LogP contribution in [0.15, 0.2) is 18.2 Å². The topological polar surface area (TPSA) is 83.6 Å². The van der Waals surface area contributed by atoms with E-state index in [4.69, 9.17) is 0 Å². The summed E-state index contributed by atoms with van der Waals surface area (Å²) in [5, 5.41) is 2.18. The number of imide groups is 2. The minimum absolute atomic E-state index is 0.126. The molecule has 1 fully saturated rings. The second kappa shape index (κ2) is 6.95. The molecule has 1 aromatic rings. The van der Waals surface area contributed by atoms with Crippen LogP contribution in [0.25, 0.3) is 0 Å². The number of amides is 4.